The average molecular weight is 283 g/mol. The molecule has 1 fully saturated rings. The Kier molecular flexibility index (Phi) is 3.32. The molecule has 4 heteroatoms. The zero-order valence-corrected chi connectivity index (χ0v) is 12.6. The third-order valence-corrected chi connectivity index (χ3v) is 4.24. The summed E-state index contributed by atoms with van der Waals surface area (Å²) in [4.78, 5) is 19.0. The lowest BCUT2D eigenvalue weighted by molar-refractivity contribution is 0.0585. The molecular formula is C17H21N3O. The van der Waals surface area contributed by atoms with Gasteiger partial charge in [-0.05, 0) is 23.6 Å². The predicted octanol–water partition coefficient (Wildman–Crippen LogP) is 3.08. The first kappa shape index (κ1) is 13.9. The molecule has 1 aliphatic rings. The summed E-state index contributed by atoms with van der Waals surface area (Å²) in [5.41, 5.74) is 6.75. The Balaban J connectivity index is 2.01. The summed E-state index contributed by atoms with van der Waals surface area (Å²) < 4.78 is 0. The van der Waals surface area contributed by atoms with Crippen LogP contribution in [0.3, 0.4) is 0 Å². The molecule has 0 spiro atoms. The molecule has 0 bridgehead atoms. The van der Waals surface area contributed by atoms with Crippen LogP contribution in [-0.4, -0.2) is 28.9 Å². The first-order chi connectivity index (χ1) is 9.98. The monoisotopic (exact) mass is 283 g/mol. The lowest BCUT2D eigenvalue weighted by atomic mass is 9.84. The van der Waals surface area contributed by atoms with Gasteiger partial charge in [-0.2, -0.15) is 0 Å². The van der Waals surface area contributed by atoms with E-state index in [0.717, 1.165) is 36.7 Å². The maximum absolute atomic E-state index is 12.9. The van der Waals surface area contributed by atoms with E-state index in [9.17, 15) is 4.79 Å². The van der Waals surface area contributed by atoms with Crippen LogP contribution < -0.4 is 5.73 Å². The summed E-state index contributed by atoms with van der Waals surface area (Å²) >= 11 is 0. The van der Waals surface area contributed by atoms with Gasteiger partial charge in [0.2, 0.25) is 0 Å². The minimum absolute atomic E-state index is 0.0616. The van der Waals surface area contributed by atoms with E-state index in [4.69, 9.17) is 5.73 Å². The van der Waals surface area contributed by atoms with E-state index in [1.807, 2.05) is 29.2 Å². The molecule has 2 heterocycles. The molecule has 1 aliphatic heterocycles. The number of nitrogen functional groups attached to an aromatic ring is 1. The third-order valence-electron chi connectivity index (χ3n) is 4.24. The van der Waals surface area contributed by atoms with Gasteiger partial charge in [-0.3, -0.25) is 4.79 Å². The summed E-state index contributed by atoms with van der Waals surface area (Å²) in [7, 11) is 0. The van der Waals surface area contributed by atoms with Gasteiger partial charge < -0.3 is 10.6 Å². The minimum atomic E-state index is 0.0616. The molecule has 1 aromatic heterocycles. The van der Waals surface area contributed by atoms with Crippen molar-refractivity contribution in [2.75, 3.05) is 18.8 Å². The van der Waals surface area contributed by atoms with Crippen LogP contribution in [0.2, 0.25) is 0 Å². The number of hydrogen-bond donors (Lipinski definition) is 1. The first-order valence-corrected chi connectivity index (χ1v) is 7.40. The van der Waals surface area contributed by atoms with E-state index in [-0.39, 0.29) is 11.3 Å². The number of fused-ring (bicyclic) bond motifs is 1. The number of benzene rings is 1. The fourth-order valence-corrected chi connectivity index (χ4v) is 3.15. The number of carbonyl (C=O) groups is 1. The summed E-state index contributed by atoms with van der Waals surface area (Å²) in [6.07, 6.45) is 3.83. The maximum atomic E-state index is 12.9. The number of nitrogens with two attached hydrogens (primary N) is 1. The van der Waals surface area contributed by atoms with Gasteiger partial charge in [0.05, 0.1) is 5.56 Å². The molecule has 21 heavy (non-hydrogen) atoms. The number of nitrogens with zero attached hydrogens (tertiary/aromatic N) is 2. The average Bonchev–Trinajstić information content (AvgIpc) is 2.46. The van der Waals surface area contributed by atoms with Crippen LogP contribution in [0.5, 0.6) is 0 Å². The summed E-state index contributed by atoms with van der Waals surface area (Å²) in [6, 6.07) is 7.70. The molecule has 0 aliphatic carbocycles. The van der Waals surface area contributed by atoms with Crippen LogP contribution in [0.1, 0.15) is 37.0 Å². The SMILES string of the molecule is CC1(C)CCCN(C(=O)c2cnc(N)c3ccccc23)C1. The van der Waals surface area contributed by atoms with Gasteiger partial charge in [0.15, 0.2) is 0 Å². The van der Waals surface area contributed by atoms with Crippen molar-refractivity contribution in [1.29, 1.82) is 0 Å². The molecule has 110 valence electrons. The summed E-state index contributed by atoms with van der Waals surface area (Å²) in [5.74, 6) is 0.535. The smallest absolute Gasteiger partial charge is 0.256 e. The number of likely N-dealkylation sites (tertiary alicyclic amines) is 1. The summed E-state index contributed by atoms with van der Waals surface area (Å²) in [6.45, 7) is 6.04. The van der Waals surface area contributed by atoms with Gasteiger partial charge in [0.1, 0.15) is 5.82 Å². The van der Waals surface area contributed by atoms with Crippen molar-refractivity contribution < 1.29 is 4.79 Å². The number of pyridine rings is 1. The maximum Gasteiger partial charge on any atom is 0.256 e. The van der Waals surface area contributed by atoms with Crippen molar-refractivity contribution in [3.8, 4) is 0 Å². The quantitative estimate of drug-likeness (QED) is 0.875. The highest BCUT2D eigenvalue weighted by molar-refractivity contribution is 6.08. The first-order valence-electron chi connectivity index (χ1n) is 7.40. The number of hydrogen-bond acceptors (Lipinski definition) is 3. The van der Waals surface area contributed by atoms with Gasteiger partial charge in [0.25, 0.3) is 5.91 Å². The number of piperidine rings is 1. The number of carbonyl (C=O) groups excluding carboxylic acids is 1. The largest absolute Gasteiger partial charge is 0.383 e. The predicted molar refractivity (Wildman–Crippen MR) is 85.1 cm³/mol. The molecule has 0 saturated carbocycles. The van der Waals surface area contributed by atoms with Gasteiger partial charge in [-0.25, -0.2) is 4.98 Å². The second-order valence-corrected chi connectivity index (χ2v) is 6.60. The molecule has 0 radical (unpaired) electrons. The molecule has 1 amide bonds. The Morgan fingerprint density at radius 3 is 2.71 bits per heavy atom. The van der Waals surface area contributed by atoms with E-state index in [0.29, 0.717) is 11.4 Å². The van der Waals surface area contributed by atoms with Crippen LogP contribution in [0.4, 0.5) is 5.82 Å². The van der Waals surface area contributed by atoms with Crippen molar-refractivity contribution >= 4 is 22.5 Å². The second kappa shape index (κ2) is 5.02. The number of aromatic nitrogens is 1. The van der Waals surface area contributed by atoms with Gasteiger partial charge in [-0.15, -0.1) is 0 Å². The zero-order valence-electron chi connectivity index (χ0n) is 12.6. The van der Waals surface area contributed by atoms with Gasteiger partial charge in [0, 0.05) is 24.7 Å². The highest BCUT2D eigenvalue weighted by Gasteiger charge is 2.30. The molecular weight excluding hydrogens is 262 g/mol. The molecule has 0 unspecified atom stereocenters. The zero-order chi connectivity index (χ0) is 15.0. The molecule has 0 atom stereocenters. The van der Waals surface area contributed by atoms with E-state index < -0.39 is 0 Å². The van der Waals surface area contributed by atoms with Crippen LogP contribution in [-0.2, 0) is 0 Å². The number of rotatable bonds is 1. The highest BCUT2D eigenvalue weighted by Crippen LogP contribution is 2.30. The molecule has 1 aromatic carbocycles. The Morgan fingerprint density at radius 2 is 2.00 bits per heavy atom. The van der Waals surface area contributed by atoms with Crippen LogP contribution in [0.25, 0.3) is 10.8 Å². The number of amides is 1. The van der Waals surface area contributed by atoms with Crippen molar-refractivity contribution in [3.05, 3.63) is 36.0 Å². The molecule has 3 rings (SSSR count). The Hall–Kier alpha value is -2.10. The second-order valence-electron chi connectivity index (χ2n) is 6.60. The number of anilines is 1. The molecule has 2 N–H and O–H groups in total. The van der Waals surface area contributed by atoms with Crippen molar-refractivity contribution in [1.82, 2.24) is 9.88 Å². The van der Waals surface area contributed by atoms with Crippen molar-refractivity contribution in [2.24, 2.45) is 5.41 Å². The van der Waals surface area contributed by atoms with E-state index in [2.05, 4.69) is 18.8 Å². The molecule has 4 nitrogen and oxygen atoms in total. The van der Waals surface area contributed by atoms with Crippen molar-refractivity contribution in [2.45, 2.75) is 26.7 Å². The lowest BCUT2D eigenvalue weighted by Crippen LogP contribution is -2.43. The minimum Gasteiger partial charge on any atom is -0.383 e. The topological polar surface area (TPSA) is 59.2 Å². The Morgan fingerprint density at radius 1 is 1.29 bits per heavy atom. The molecule has 2 aromatic rings. The normalized spacial score (nSPS) is 17.9. The van der Waals surface area contributed by atoms with Crippen molar-refractivity contribution in [3.63, 3.8) is 0 Å². The van der Waals surface area contributed by atoms with Crippen LogP contribution in [0.15, 0.2) is 30.5 Å². The summed E-state index contributed by atoms with van der Waals surface area (Å²) in [5, 5.41) is 1.73. The molecule has 1 saturated heterocycles. The third kappa shape index (κ3) is 2.58. The fraction of sp³-hybridized carbons (Fsp3) is 0.412. The van der Waals surface area contributed by atoms with E-state index in [1.165, 1.54) is 0 Å². The van der Waals surface area contributed by atoms with Crippen LogP contribution in [0, 0.1) is 5.41 Å². The van der Waals surface area contributed by atoms with E-state index >= 15 is 0 Å². The van der Waals surface area contributed by atoms with Gasteiger partial charge in [-0.1, -0.05) is 38.1 Å². The standard InChI is InChI=1S/C17H21N3O/c1-17(2)8-5-9-20(11-17)16(21)14-10-19-15(18)13-7-4-3-6-12(13)14/h3-4,6-7,10H,5,8-9,11H2,1-2H3,(H2,18,19). The Bertz CT molecular complexity index is 693. The Labute approximate surface area is 125 Å². The fourth-order valence-electron chi connectivity index (χ4n) is 3.15. The lowest BCUT2D eigenvalue weighted by Gasteiger charge is -2.38. The highest BCUT2D eigenvalue weighted by atomic mass is 16.2. The van der Waals surface area contributed by atoms with E-state index in [1.54, 1.807) is 6.20 Å². The van der Waals surface area contributed by atoms with Crippen LogP contribution >= 0.6 is 0 Å². The van der Waals surface area contributed by atoms with Gasteiger partial charge >= 0.3 is 0 Å².